The summed E-state index contributed by atoms with van der Waals surface area (Å²) < 4.78 is 15.8. The number of rotatable bonds is 5. The Balaban J connectivity index is 1.60. The average Bonchev–Trinajstić information content (AvgIpc) is 3.56. The maximum atomic E-state index is 10.2. The second kappa shape index (κ2) is 10.1. The number of hydrogen-bond acceptors (Lipinski definition) is 8. The Hall–Kier alpha value is -3.80. The number of likely N-dealkylation sites (N-methyl/N-ethyl adjacent to an activating group) is 1. The Morgan fingerprint density at radius 3 is 2.79 bits per heavy atom. The number of H-pyrrole nitrogens is 1. The lowest BCUT2D eigenvalue weighted by molar-refractivity contribution is 0.131. The first-order valence-corrected chi connectivity index (χ1v) is 13.3. The molecule has 0 spiro atoms. The van der Waals surface area contributed by atoms with Gasteiger partial charge >= 0.3 is 0 Å². The SMILES string of the molecule is CCN1Cc2c3cc(ccc3nn2C[C@H](C)O)-c2[nH]nc3ncc(cc23)-c2c(COC)nn(C)c2O[C@@H](C)C1. The standard InChI is InChI=1S/C28H34N8O3/c1-6-35-13-17(3)39-28-25(23(15-38-5)32-34(28)4)19-10-21-26(30-31-27(21)29-11-19)18-7-8-22-20(9-18)24(14-35)36(33-22)12-16(2)37/h7-11,16-17,37H,6,12-15H2,1-5H3,(H,29,30,31)/t16-,17-/m0/s1. The van der Waals surface area contributed by atoms with Crippen molar-refractivity contribution in [3.63, 3.8) is 0 Å². The third kappa shape index (κ3) is 4.56. The molecule has 2 atom stereocenters. The molecule has 11 nitrogen and oxygen atoms in total. The van der Waals surface area contributed by atoms with Crippen LogP contribution < -0.4 is 4.74 Å². The predicted octanol–water partition coefficient (Wildman–Crippen LogP) is 3.51. The number of hydrogen-bond donors (Lipinski definition) is 2. The van der Waals surface area contributed by atoms with Crippen LogP contribution in [0.15, 0.2) is 30.5 Å². The van der Waals surface area contributed by atoms with Crippen LogP contribution in [0.4, 0.5) is 0 Å². The van der Waals surface area contributed by atoms with Gasteiger partial charge in [-0.1, -0.05) is 13.0 Å². The molecule has 0 unspecified atom stereocenters. The van der Waals surface area contributed by atoms with Crippen LogP contribution in [0.5, 0.6) is 5.88 Å². The van der Waals surface area contributed by atoms with E-state index in [0.29, 0.717) is 37.8 Å². The van der Waals surface area contributed by atoms with Crippen molar-refractivity contribution >= 4 is 21.9 Å². The number of aryl methyl sites for hydroxylation is 1. The third-order valence-corrected chi connectivity index (χ3v) is 7.27. The maximum absolute atomic E-state index is 10.2. The quantitative estimate of drug-likeness (QED) is 0.354. The summed E-state index contributed by atoms with van der Waals surface area (Å²) in [5.74, 6) is 0.675. The van der Waals surface area contributed by atoms with Crippen LogP contribution in [-0.4, -0.2) is 77.2 Å². The van der Waals surface area contributed by atoms with Gasteiger partial charge in [-0.15, -0.1) is 0 Å². The van der Waals surface area contributed by atoms with E-state index >= 15 is 0 Å². The van der Waals surface area contributed by atoms with E-state index in [4.69, 9.17) is 19.7 Å². The Kier molecular flexibility index (Phi) is 6.57. The van der Waals surface area contributed by atoms with Crippen LogP contribution in [0.3, 0.4) is 0 Å². The number of nitrogens with zero attached hydrogens (tertiary/aromatic N) is 7. The van der Waals surface area contributed by atoms with Crippen LogP contribution in [0, 0.1) is 0 Å². The van der Waals surface area contributed by atoms with Gasteiger partial charge in [-0.05, 0) is 38.6 Å². The molecule has 39 heavy (non-hydrogen) atoms. The average molecular weight is 531 g/mol. The third-order valence-electron chi connectivity index (χ3n) is 7.27. The van der Waals surface area contributed by atoms with Gasteiger partial charge in [0.05, 0.1) is 47.4 Å². The maximum Gasteiger partial charge on any atom is 0.220 e. The summed E-state index contributed by atoms with van der Waals surface area (Å²) in [5, 5.41) is 29.5. The van der Waals surface area contributed by atoms with E-state index in [-0.39, 0.29) is 6.10 Å². The van der Waals surface area contributed by atoms with Crippen LogP contribution in [-0.2, 0) is 31.5 Å². The highest BCUT2D eigenvalue weighted by atomic mass is 16.5. The summed E-state index contributed by atoms with van der Waals surface area (Å²) in [6.45, 7) is 8.97. The fourth-order valence-corrected chi connectivity index (χ4v) is 5.50. The first-order valence-electron chi connectivity index (χ1n) is 13.3. The first kappa shape index (κ1) is 25.5. The lowest BCUT2D eigenvalue weighted by atomic mass is 10.0. The number of nitrogens with one attached hydrogen (secondary N) is 1. The van der Waals surface area contributed by atoms with E-state index in [1.807, 2.05) is 24.0 Å². The second-order valence-electron chi connectivity index (χ2n) is 10.3. The molecular formula is C28H34N8O3. The second-order valence-corrected chi connectivity index (χ2v) is 10.3. The molecule has 1 aliphatic rings. The summed E-state index contributed by atoms with van der Waals surface area (Å²) >= 11 is 0. The first-order chi connectivity index (χ1) is 18.9. The van der Waals surface area contributed by atoms with Gasteiger partial charge < -0.3 is 14.6 Å². The fourth-order valence-electron chi connectivity index (χ4n) is 5.50. The smallest absolute Gasteiger partial charge is 0.220 e. The zero-order valence-electron chi connectivity index (χ0n) is 23.0. The molecule has 0 aliphatic carbocycles. The van der Waals surface area contributed by atoms with Gasteiger partial charge in [0.1, 0.15) is 6.10 Å². The highest BCUT2D eigenvalue weighted by Gasteiger charge is 2.25. The largest absolute Gasteiger partial charge is 0.473 e. The Bertz CT molecular complexity index is 1650. The van der Waals surface area contributed by atoms with Crippen molar-refractivity contribution in [2.75, 3.05) is 20.2 Å². The molecular weight excluding hydrogens is 496 g/mol. The number of aromatic nitrogens is 7. The van der Waals surface area contributed by atoms with Crippen LogP contribution in [0.1, 0.15) is 32.2 Å². The van der Waals surface area contributed by atoms with E-state index in [2.05, 4.69) is 52.1 Å². The van der Waals surface area contributed by atoms with Gasteiger partial charge in [0.15, 0.2) is 5.65 Å². The molecule has 1 aromatic carbocycles. The predicted molar refractivity (Wildman–Crippen MR) is 148 cm³/mol. The summed E-state index contributed by atoms with van der Waals surface area (Å²) in [4.78, 5) is 7.02. The number of aromatic amines is 1. The molecule has 5 heterocycles. The van der Waals surface area contributed by atoms with E-state index in [1.54, 1.807) is 18.7 Å². The summed E-state index contributed by atoms with van der Waals surface area (Å²) in [6, 6.07) is 8.34. The molecule has 11 heteroatoms. The number of fused-ring (bicyclic) bond motifs is 5. The van der Waals surface area contributed by atoms with Gasteiger partial charge in [0.2, 0.25) is 5.88 Å². The molecule has 5 aromatic rings. The monoisotopic (exact) mass is 530 g/mol. The molecule has 0 radical (unpaired) electrons. The van der Waals surface area contributed by atoms with E-state index in [0.717, 1.165) is 56.6 Å². The van der Waals surface area contributed by atoms with Crippen molar-refractivity contribution in [1.29, 1.82) is 0 Å². The van der Waals surface area contributed by atoms with Crippen molar-refractivity contribution in [2.45, 2.75) is 52.7 Å². The molecule has 6 rings (SSSR count). The molecule has 0 amide bonds. The normalized spacial score (nSPS) is 16.9. The van der Waals surface area contributed by atoms with Gasteiger partial charge in [-0.25, -0.2) is 9.67 Å². The summed E-state index contributed by atoms with van der Waals surface area (Å²) in [6.07, 6.45) is 1.17. The minimum atomic E-state index is -0.519. The molecule has 2 N–H and O–H groups in total. The van der Waals surface area contributed by atoms with Crippen molar-refractivity contribution in [2.24, 2.45) is 7.05 Å². The van der Waals surface area contributed by atoms with E-state index in [1.165, 1.54) is 0 Å². The van der Waals surface area contributed by atoms with Crippen LogP contribution in [0.2, 0.25) is 0 Å². The number of aliphatic hydroxyl groups excluding tert-OH is 1. The Morgan fingerprint density at radius 2 is 2.03 bits per heavy atom. The lowest BCUT2D eigenvalue weighted by Gasteiger charge is -2.26. The van der Waals surface area contributed by atoms with Crippen molar-refractivity contribution in [3.05, 3.63) is 41.9 Å². The minimum absolute atomic E-state index is 0.129. The zero-order chi connectivity index (χ0) is 27.3. The Labute approximate surface area is 226 Å². The molecule has 1 aliphatic heterocycles. The molecule has 0 saturated carbocycles. The highest BCUT2D eigenvalue weighted by molar-refractivity contribution is 5.96. The number of pyridine rings is 1. The minimum Gasteiger partial charge on any atom is -0.473 e. The zero-order valence-corrected chi connectivity index (χ0v) is 23.0. The van der Waals surface area contributed by atoms with Crippen molar-refractivity contribution in [1.82, 2.24) is 39.6 Å². The van der Waals surface area contributed by atoms with Crippen molar-refractivity contribution in [3.8, 4) is 28.3 Å². The number of methoxy groups -OCH3 is 1. The fraction of sp³-hybridized carbons (Fsp3) is 0.429. The number of benzene rings is 1. The van der Waals surface area contributed by atoms with E-state index < -0.39 is 6.10 Å². The molecule has 0 fully saturated rings. The lowest BCUT2D eigenvalue weighted by Crippen LogP contribution is -2.34. The highest BCUT2D eigenvalue weighted by Crippen LogP contribution is 2.38. The van der Waals surface area contributed by atoms with Crippen molar-refractivity contribution < 1.29 is 14.6 Å². The Morgan fingerprint density at radius 1 is 1.21 bits per heavy atom. The molecule has 4 aromatic heterocycles. The van der Waals surface area contributed by atoms with Gasteiger partial charge in [-0.3, -0.25) is 14.7 Å². The van der Waals surface area contributed by atoms with Crippen LogP contribution in [0.25, 0.3) is 44.3 Å². The van der Waals surface area contributed by atoms with Gasteiger partial charge in [0.25, 0.3) is 0 Å². The van der Waals surface area contributed by atoms with Gasteiger partial charge in [-0.2, -0.15) is 15.3 Å². The number of ether oxygens (including phenoxy) is 2. The van der Waals surface area contributed by atoms with E-state index in [9.17, 15) is 5.11 Å². The topological polar surface area (TPSA) is 119 Å². The molecule has 204 valence electrons. The van der Waals surface area contributed by atoms with Gasteiger partial charge in [0, 0.05) is 55.3 Å². The van der Waals surface area contributed by atoms with Crippen LogP contribution >= 0.6 is 0 Å². The summed E-state index contributed by atoms with van der Waals surface area (Å²) in [7, 11) is 3.56. The molecule has 0 saturated heterocycles. The molecule has 4 bridgehead atoms. The summed E-state index contributed by atoms with van der Waals surface area (Å²) in [5.41, 5.74) is 7.01. The number of aliphatic hydroxyl groups is 1.